The zero-order valence-electron chi connectivity index (χ0n) is 15.3. The van der Waals surface area contributed by atoms with Gasteiger partial charge in [0.25, 0.3) is 0 Å². The van der Waals surface area contributed by atoms with Gasteiger partial charge in [0.05, 0.1) is 19.8 Å². The number of β-amino-alcohol motifs (C(OH)–C–C–N with tert-alkyl or cyclic N) is 1. The summed E-state index contributed by atoms with van der Waals surface area (Å²) in [6, 6.07) is 5.98. The molecule has 2 aliphatic heterocycles. The summed E-state index contributed by atoms with van der Waals surface area (Å²) in [5.41, 5.74) is 2.23. The van der Waals surface area contributed by atoms with Gasteiger partial charge in [-0.3, -0.25) is 14.6 Å². The van der Waals surface area contributed by atoms with Crippen molar-refractivity contribution in [2.45, 2.75) is 25.9 Å². The van der Waals surface area contributed by atoms with Crippen LogP contribution in [-0.2, 0) is 11.2 Å². The molecule has 2 aliphatic rings. The molecule has 1 saturated heterocycles. The maximum atomic E-state index is 12.8. The SMILES string of the molecule is COc1ccc2c(c1)CCCN2C(=O)CN1CCN(C[C@@H](C)O)CC1. The molecule has 0 aliphatic carbocycles. The Morgan fingerprint density at radius 1 is 1.20 bits per heavy atom. The molecular weight excluding hydrogens is 318 g/mol. The van der Waals surface area contributed by atoms with E-state index < -0.39 is 0 Å². The summed E-state index contributed by atoms with van der Waals surface area (Å²) in [7, 11) is 1.67. The van der Waals surface area contributed by atoms with E-state index in [1.807, 2.05) is 30.0 Å². The molecule has 6 nitrogen and oxygen atoms in total. The molecule has 1 atom stereocenters. The minimum atomic E-state index is -0.296. The van der Waals surface area contributed by atoms with Gasteiger partial charge in [-0.1, -0.05) is 0 Å². The van der Waals surface area contributed by atoms with E-state index in [1.54, 1.807) is 7.11 Å². The van der Waals surface area contributed by atoms with Gasteiger partial charge in [0.2, 0.25) is 5.91 Å². The largest absolute Gasteiger partial charge is 0.497 e. The number of methoxy groups -OCH3 is 1. The molecule has 25 heavy (non-hydrogen) atoms. The van der Waals surface area contributed by atoms with E-state index in [0.29, 0.717) is 13.1 Å². The predicted octanol–water partition coefficient (Wildman–Crippen LogP) is 0.973. The van der Waals surface area contributed by atoms with Gasteiger partial charge in [-0.15, -0.1) is 0 Å². The van der Waals surface area contributed by atoms with Crippen LogP contribution in [0.3, 0.4) is 0 Å². The maximum absolute atomic E-state index is 12.8. The van der Waals surface area contributed by atoms with Crippen molar-refractivity contribution in [2.24, 2.45) is 0 Å². The number of anilines is 1. The van der Waals surface area contributed by atoms with Crippen LogP contribution in [-0.4, -0.2) is 79.8 Å². The number of ether oxygens (including phenoxy) is 1. The number of nitrogens with zero attached hydrogens (tertiary/aromatic N) is 3. The second kappa shape index (κ2) is 8.17. The third-order valence-corrected chi connectivity index (χ3v) is 5.05. The van der Waals surface area contributed by atoms with Crippen LogP contribution in [0.25, 0.3) is 0 Å². The first-order valence-electron chi connectivity index (χ1n) is 9.17. The third kappa shape index (κ3) is 4.51. The summed E-state index contributed by atoms with van der Waals surface area (Å²) >= 11 is 0. The molecule has 1 N–H and O–H groups in total. The predicted molar refractivity (Wildman–Crippen MR) is 98.2 cm³/mol. The molecule has 0 unspecified atom stereocenters. The average molecular weight is 347 g/mol. The highest BCUT2D eigenvalue weighted by atomic mass is 16.5. The lowest BCUT2D eigenvalue weighted by atomic mass is 10.0. The number of fused-ring (bicyclic) bond motifs is 1. The summed E-state index contributed by atoms with van der Waals surface area (Å²) in [6.45, 7) is 7.36. The minimum Gasteiger partial charge on any atom is -0.497 e. The fourth-order valence-electron chi connectivity index (χ4n) is 3.74. The number of carbonyl (C=O) groups excluding carboxylic acids is 1. The highest BCUT2D eigenvalue weighted by molar-refractivity contribution is 5.96. The van der Waals surface area contributed by atoms with Crippen LogP contribution in [0.15, 0.2) is 18.2 Å². The Balaban J connectivity index is 1.58. The van der Waals surface area contributed by atoms with Gasteiger partial charge >= 0.3 is 0 Å². The summed E-state index contributed by atoms with van der Waals surface area (Å²) in [5, 5.41) is 9.49. The molecule has 0 radical (unpaired) electrons. The van der Waals surface area contributed by atoms with Crippen molar-refractivity contribution in [3.63, 3.8) is 0 Å². The molecule has 1 fully saturated rings. The van der Waals surface area contributed by atoms with Gasteiger partial charge in [-0.25, -0.2) is 0 Å². The molecule has 0 spiro atoms. The van der Waals surface area contributed by atoms with Crippen LogP contribution < -0.4 is 9.64 Å². The van der Waals surface area contributed by atoms with Crippen molar-refractivity contribution in [2.75, 3.05) is 57.8 Å². The van der Waals surface area contributed by atoms with E-state index in [2.05, 4.69) is 9.80 Å². The summed E-state index contributed by atoms with van der Waals surface area (Å²) in [6.07, 6.45) is 1.69. The highest BCUT2D eigenvalue weighted by Crippen LogP contribution is 2.30. The second-order valence-electron chi connectivity index (χ2n) is 7.07. The zero-order valence-corrected chi connectivity index (χ0v) is 15.3. The number of amides is 1. The first-order chi connectivity index (χ1) is 12.1. The van der Waals surface area contributed by atoms with Gasteiger partial charge in [-0.05, 0) is 43.5 Å². The molecule has 1 aromatic rings. The molecule has 6 heteroatoms. The standard InChI is InChI=1S/C19H29N3O3/c1-15(23)13-20-8-10-21(11-9-20)14-19(24)22-7-3-4-16-12-17(25-2)5-6-18(16)22/h5-6,12,15,23H,3-4,7-11,13-14H2,1-2H3/t15-/m1/s1. The molecule has 0 saturated carbocycles. The van der Waals surface area contributed by atoms with E-state index in [1.165, 1.54) is 5.56 Å². The van der Waals surface area contributed by atoms with E-state index in [-0.39, 0.29) is 12.0 Å². The number of aryl methyl sites for hydroxylation is 1. The van der Waals surface area contributed by atoms with Crippen LogP contribution in [0.1, 0.15) is 18.9 Å². The minimum absolute atomic E-state index is 0.176. The Kier molecular flexibility index (Phi) is 5.93. The Labute approximate surface area is 150 Å². The van der Waals surface area contributed by atoms with Gasteiger partial charge < -0.3 is 14.7 Å². The normalized spacial score (nSPS) is 20.2. The number of benzene rings is 1. The van der Waals surface area contributed by atoms with E-state index >= 15 is 0 Å². The van der Waals surface area contributed by atoms with Crippen LogP contribution in [0, 0.1) is 0 Å². The van der Waals surface area contributed by atoms with Crippen LogP contribution in [0.2, 0.25) is 0 Å². The van der Waals surface area contributed by atoms with Crippen molar-refractivity contribution in [1.29, 1.82) is 0 Å². The van der Waals surface area contributed by atoms with Gasteiger partial charge in [0, 0.05) is 45.0 Å². The molecule has 2 heterocycles. The molecule has 1 aromatic carbocycles. The Bertz CT molecular complexity index is 598. The average Bonchev–Trinajstić information content (AvgIpc) is 2.61. The van der Waals surface area contributed by atoms with Gasteiger partial charge in [-0.2, -0.15) is 0 Å². The van der Waals surface area contributed by atoms with E-state index in [9.17, 15) is 9.90 Å². The number of rotatable bonds is 5. The number of hydrogen-bond acceptors (Lipinski definition) is 5. The number of aliphatic hydroxyl groups excluding tert-OH is 1. The Morgan fingerprint density at radius 2 is 1.92 bits per heavy atom. The monoisotopic (exact) mass is 347 g/mol. The molecule has 138 valence electrons. The third-order valence-electron chi connectivity index (χ3n) is 5.05. The molecule has 0 aromatic heterocycles. The van der Waals surface area contributed by atoms with Crippen molar-refractivity contribution < 1.29 is 14.6 Å². The lowest BCUT2D eigenvalue weighted by molar-refractivity contribution is -0.120. The first kappa shape index (κ1) is 18.2. The van der Waals surface area contributed by atoms with Crippen molar-refractivity contribution in [3.8, 4) is 5.75 Å². The van der Waals surface area contributed by atoms with Crippen molar-refractivity contribution in [3.05, 3.63) is 23.8 Å². The van der Waals surface area contributed by atoms with E-state index in [0.717, 1.165) is 57.0 Å². The fourth-order valence-corrected chi connectivity index (χ4v) is 3.74. The highest BCUT2D eigenvalue weighted by Gasteiger charge is 2.26. The van der Waals surface area contributed by atoms with Crippen LogP contribution in [0.5, 0.6) is 5.75 Å². The first-order valence-corrected chi connectivity index (χ1v) is 9.17. The molecule has 3 rings (SSSR count). The number of piperazine rings is 1. The quantitative estimate of drug-likeness (QED) is 0.860. The van der Waals surface area contributed by atoms with Crippen LogP contribution in [0.4, 0.5) is 5.69 Å². The van der Waals surface area contributed by atoms with Crippen molar-refractivity contribution in [1.82, 2.24) is 9.80 Å². The number of hydrogen-bond donors (Lipinski definition) is 1. The topological polar surface area (TPSA) is 56.2 Å². The fraction of sp³-hybridized carbons (Fsp3) is 0.632. The molecule has 0 bridgehead atoms. The molecule has 1 amide bonds. The maximum Gasteiger partial charge on any atom is 0.241 e. The van der Waals surface area contributed by atoms with Gasteiger partial charge in [0.1, 0.15) is 5.75 Å². The Morgan fingerprint density at radius 3 is 2.60 bits per heavy atom. The lowest BCUT2D eigenvalue weighted by Crippen LogP contribution is -2.51. The van der Waals surface area contributed by atoms with Crippen LogP contribution >= 0.6 is 0 Å². The van der Waals surface area contributed by atoms with E-state index in [4.69, 9.17) is 4.74 Å². The summed E-state index contributed by atoms with van der Waals surface area (Å²) < 4.78 is 5.30. The zero-order chi connectivity index (χ0) is 17.8. The number of carbonyl (C=O) groups is 1. The Hall–Kier alpha value is -1.63. The smallest absolute Gasteiger partial charge is 0.241 e. The lowest BCUT2D eigenvalue weighted by Gasteiger charge is -2.36. The van der Waals surface area contributed by atoms with Gasteiger partial charge in [0.15, 0.2) is 0 Å². The summed E-state index contributed by atoms with van der Waals surface area (Å²) in [4.78, 5) is 19.3. The van der Waals surface area contributed by atoms with Crippen molar-refractivity contribution >= 4 is 11.6 Å². The second-order valence-corrected chi connectivity index (χ2v) is 7.07. The number of aliphatic hydroxyl groups is 1. The molecular formula is C19H29N3O3. The summed E-state index contributed by atoms with van der Waals surface area (Å²) in [5.74, 6) is 1.03.